The zero-order valence-corrected chi connectivity index (χ0v) is 23.9. The second-order valence-corrected chi connectivity index (χ2v) is 11.4. The Bertz CT molecular complexity index is 1190. The normalized spacial score (nSPS) is 11.8. The van der Waals surface area contributed by atoms with Gasteiger partial charge in [0, 0.05) is 25.3 Å². The van der Waals surface area contributed by atoms with Crippen LogP contribution >= 0.6 is 35.0 Å². The first kappa shape index (κ1) is 29.1. The Balaban J connectivity index is 1.84. The minimum atomic E-state index is -0.625. The lowest BCUT2D eigenvalue weighted by Crippen LogP contribution is -2.51. The second-order valence-electron chi connectivity index (χ2n) is 9.60. The first-order chi connectivity index (χ1) is 17.7. The van der Waals surface area contributed by atoms with Crippen LogP contribution < -0.4 is 5.32 Å². The van der Waals surface area contributed by atoms with Gasteiger partial charge in [0.05, 0.1) is 15.8 Å². The van der Waals surface area contributed by atoms with Gasteiger partial charge in [0.25, 0.3) is 0 Å². The van der Waals surface area contributed by atoms with Crippen molar-refractivity contribution < 1.29 is 9.59 Å². The van der Waals surface area contributed by atoms with Gasteiger partial charge in [-0.25, -0.2) is 0 Å². The van der Waals surface area contributed by atoms with Crippen molar-refractivity contribution in [2.75, 3.05) is 12.3 Å². The first-order valence-corrected chi connectivity index (χ1v) is 14.3. The largest absolute Gasteiger partial charge is 0.354 e. The minimum Gasteiger partial charge on any atom is -0.354 e. The number of amides is 2. The third-order valence-corrected chi connectivity index (χ3v) is 7.60. The highest BCUT2D eigenvalue weighted by Gasteiger charge is 2.30. The second kappa shape index (κ2) is 14.5. The molecule has 0 aromatic heterocycles. The van der Waals surface area contributed by atoms with Gasteiger partial charge in [-0.2, -0.15) is 0 Å². The lowest BCUT2D eigenvalue weighted by molar-refractivity contribution is -0.139. The summed E-state index contributed by atoms with van der Waals surface area (Å²) < 4.78 is 0. The van der Waals surface area contributed by atoms with E-state index in [9.17, 15) is 9.59 Å². The quantitative estimate of drug-likeness (QED) is 0.262. The molecule has 1 atom stereocenters. The number of thioether (sulfide) groups is 1. The number of aryl methyl sites for hydroxylation is 1. The molecule has 0 aliphatic heterocycles. The summed E-state index contributed by atoms with van der Waals surface area (Å²) in [6.45, 7) is 7.06. The Hall–Kier alpha value is -2.47. The standard InChI is InChI=1S/C30H34Cl2N2O2S/c1-21(2)17-33-30(36)28(16-23-9-5-4-6-10-23)34(18-24-11-7-8-22(3)14-24)29(35)20-37-19-25-12-13-26(31)27(32)15-25/h4-15,21,28H,16-20H2,1-3H3,(H,33,36)/t28-/m1/s1. The van der Waals surface area contributed by atoms with Crippen molar-refractivity contribution in [3.8, 4) is 0 Å². The van der Waals surface area contributed by atoms with Crippen molar-refractivity contribution in [2.24, 2.45) is 5.92 Å². The Morgan fingerprint density at radius 1 is 0.892 bits per heavy atom. The maximum absolute atomic E-state index is 13.7. The van der Waals surface area contributed by atoms with Gasteiger partial charge in [0.2, 0.25) is 11.8 Å². The maximum Gasteiger partial charge on any atom is 0.243 e. The number of hydrogen-bond acceptors (Lipinski definition) is 3. The average molecular weight is 558 g/mol. The molecular weight excluding hydrogens is 523 g/mol. The van der Waals surface area contributed by atoms with Crippen molar-refractivity contribution in [3.05, 3.63) is 105 Å². The highest BCUT2D eigenvalue weighted by Crippen LogP contribution is 2.25. The first-order valence-electron chi connectivity index (χ1n) is 12.4. The molecule has 0 heterocycles. The van der Waals surface area contributed by atoms with Crippen molar-refractivity contribution in [2.45, 2.75) is 45.5 Å². The van der Waals surface area contributed by atoms with E-state index in [4.69, 9.17) is 23.2 Å². The van der Waals surface area contributed by atoms with Crippen molar-refractivity contribution in [1.29, 1.82) is 0 Å². The number of carbonyl (C=O) groups is 2. The van der Waals surface area contributed by atoms with Crippen LogP contribution in [-0.4, -0.2) is 35.1 Å². The van der Waals surface area contributed by atoms with Gasteiger partial charge >= 0.3 is 0 Å². The van der Waals surface area contributed by atoms with Crippen LogP contribution in [0.15, 0.2) is 72.8 Å². The molecule has 3 aromatic carbocycles. The maximum atomic E-state index is 13.7. The number of benzene rings is 3. The number of nitrogens with zero attached hydrogens (tertiary/aromatic N) is 1. The molecule has 0 aliphatic rings. The summed E-state index contributed by atoms with van der Waals surface area (Å²) in [7, 11) is 0. The fourth-order valence-corrected chi connectivity index (χ4v) is 5.13. The van der Waals surface area contributed by atoms with Gasteiger partial charge in [-0.05, 0) is 41.7 Å². The molecule has 1 N–H and O–H groups in total. The van der Waals surface area contributed by atoms with Crippen LogP contribution in [0.5, 0.6) is 0 Å². The van der Waals surface area contributed by atoms with Crippen LogP contribution in [0, 0.1) is 12.8 Å². The van der Waals surface area contributed by atoms with E-state index in [0.29, 0.717) is 41.2 Å². The van der Waals surface area contributed by atoms with Gasteiger partial charge in [-0.3, -0.25) is 9.59 Å². The predicted molar refractivity (Wildman–Crippen MR) is 156 cm³/mol. The molecule has 0 fully saturated rings. The minimum absolute atomic E-state index is 0.0767. The zero-order valence-electron chi connectivity index (χ0n) is 21.5. The van der Waals surface area contributed by atoms with Crippen LogP contribution in [0.2, 0.25) is 10.0 Å². The van der Waals surface area contributed by atoms with Gasteiger partial charge in [-0.15, -0.1) is 11.8 Å². The summed E-state index contributed by atoms with van der Waals surface area (Å²) in [4.78, 5) is 28.9. The molecule has 7 heteroatoms. The molecule has 0 bridgehead atoms. The zero-order chi connectivity index (χ0) is 26.8. The van der Waals surface area contributed by atoms with Gasteiger partial charge in [0.15, 0.2) is 0 Å². The summed E-state index contributed by atoms with van der Waals surface area (Å²) >= 11 is 13.7. The van der Waals surface area contributed by atoms with E-state index in [2.05, 4.69) is 25.2 Å². The summed E-state index contributed by atoms with van der Waals surface area (Å²) in [5.41, 5.74) is 4.12. The lowest BCUT2D eigenvalue weighted by Gasteiger charge is -2.32. The van der Waals surface area contributed by atoms with Crippen LogP contribution in [0.1, 0.15) is 36.1 Å². The fraction of sp³-hybridized carbons (Fsp3) is 0.333. The molecule has 37 heavy (non-hydrogen) atoms. The van der Waals surface area contributed by atoms with Crippen LogP contribution in [0.4, 0.5) is 0 Å². The average Bonchev–Trinajstić information content (AvgIpc) is 2.87. The van der Waals surface area contributed by atoms with Crippen LogP contribution in [0.25, 0.3) is 0 Å². The van der Waals surface area contributed by atoms with E-state index in [1.165, 1.54) is 11.8 Å². The Morgan fingerprint density at radius 2 is 1.62 bits per heavy atom. The number of halogens is 2. The van der Waals surface area contributed by atoms with Crippen molar-refractivity contribution in [3.63, 3.8) is 0 Å². The summed E-state index contributed by atoms with van der Waals surface area (Å²) in [6.07, 6.45) is 0.444. The van der Waals surface area contributed by atoms with E-state index in [1.807, 2.05) is 67.6 Å². The fourth-order valence-electron chi connectivity index (χ4n) is 3.95. The molecule has 4 nitrogen and oxygen atoms in total. The molecule has 0 saturated carbocycles. The highest BCUT2D eigenvalue weighted by atomic mass is 35.5. The molecule has 0 radical (unpaired) electrons. The van der Waals surface area contributed by atoms with Gasteiger partial charge < -0.3 is 10.2 Å². The van der Waals surface area contributed by atoms with E-state index in [0.717, 1.165) is 22.3 Å². The highest BCUT2D eigenvalue weighted by molar-refractivity contribution is 7.99. The molecule has 196 valence electrons. The topological polar surface area (TPSA) is 49.4 Å². The molecule has 0 saturated heterocycles. The smallest absolute Gasteiger partial charge is 0.243 e. The molecule has 2 amide bonds. The molecule has 3 aromatic rings. The van der Waals surface area contributed by atoms with E-state index < -0.39 is 6.04 Å². The number of rotatable bonds is 12. The summed E-state index contributed by atoms with van der Waals surface area (Å²) in [5, 5.41) is 4.07. The van der Waals surface area contributed by atoms with E-state index >= 15 is 0 Å². The molecule has 0 spiro atoms. The number of nitrogens with one attached hydrogen (secondary N) is 1. The van der Waals surface area contributed by atoms with Crippen LogP contribution in [-0.2, 0) is 28.3 Å². The number of carbonyl (C=O) groups excluding carboxylic acids is 2. The lowest BCUT2D eigenvalue weighted by atomic mass is 10.0. The summed E-state index contributed by atoms with van der Waals surface area (Å²) in [5.74, 6) is 0.961. The third-order valence-electron chi connectivity index (χ3n) is 5.87. The summed E-state index contributed by atoms with van der Waals surface area (Å²) in [6, 6.07) is 22.8. The van der Waals surface area contributed by atoms with Crippen molar-refractivity contribution >= 4 is 46.8 Å². The van der Waals surface area contributed by atoms with E-state index in [1.54, 1.807) is 11.0 Å². The SMILES string of the molecule is Cc1cccc(CN(C(=O)CSCc2ccc(Cl)c(Cl)c2)[C@H](Cc2ccccc2)C(=O)NCC(C)C)c1. The third kappa shape index (κ3) is 9.41. The van der Waals surface area contributed by atoms with Crippen molar-refractivity contribution in [1.82, 2.24) is 10.2 Å². The van der Waals surface area contributed by atoms with Gasteiger partial charge in [0.1, 0.15) is 6.04 Å². The molecule has 0 aliphatic carbocycles. The Kier molecular flexibility index (Phi) is 11.4. The monoisotopic (exact) mass is 556 g/mol. The van der Waals surface area contributed by atoms with Crippen LogP contribution in [0.3, 0.4) is 0 Å². The predicted octanol–water partition coefficient (Wildman–Crippen LogP) is 6.95. The molecule has 0 unspecified atom stereocenters. The van der Waals surface area contributed by atoms with Gasteiger partial charge in [-0.1, -0.05) is 103 Å². The Morgan fingerprint density at radius 3 is 2.30 bits per heavy atom. The van der Waals surface area contributed by atoms with E-state index in [-0.39, 0.29) is 17.6 Å². The molecule has 3 rings (SSSR count). The molecular formula is C30H34Cl2N2O2S. The Labute approximate surface area is 234 Å². The number of hydrogen-bond donors (Lipinski definition) is 1.